The standard InChI is InChI=1S/C18H26ClN6O6P/c1-9(2)16(26)28-5-10(3)24-32(27)29-6-11-13(31-32)18(4,19)17(30-11)25-8-23-12-14(20)21-7-22-15(12)25/h7-11,13,17H,5-6H2,1-4H3,(H,24,27)(H2,20,21,22)/t10-,11-,13-,17-,18-,32?/m1/s1. The fraction of sp³-hybridized carbons (Fsp3) is 0.667. The first-order chi connectivity index (χ1) is 15.0. The van der Waals surface area contributed by atoms with E-state index in [0.717, 1.165) is 0 Å². The van der Waals surface area contributed by atoms with E-state index in [1.807, 2.05) is 0 Å². The molecule has 4 rings (SSSR count). The summed E-state index contributed by atoms with van der Waals surface area (Å²) < 4.78 is 37.5. The molecule has 1 unspecified atom stereocenters. The van der Waals surface area contributed by atoms with Crippen molar-refractivity contribution >= 4 is 42.3 Å². The van der Waals surface area contributed by atoms with Crippen molar-refractivity contribution in [3.8, 4) is 0 Å². The normalized spacial score (nSPS) is 33.4. The Morgan fingerprint density at radius 1 is 1.44 bits per heavy atom. The Kier molecular flexibility index (Phi) is 6.21. The molecule has 2 aliphatic rings. The van der Waals surface area contributed by atoms with Crippen molar-refractivity contribution in [1.82, 2.24) is 24.6 Å². The summed E-state index contributed by atoms with van der Waals surface area (Å²) in [7, 11) is -3.74. The van der Waals surface area contributed by atoms with Gasteiger partial charge in [0.1, 0.15) is 35.5 Å². The number of alkyl halides is 1. The smallest absolute Gasteiger partial charge is 0.406 e. The van der Waals surface area contributed by atoms with Crippen LogP contribution in [-0.4, -0.2) is 61.8 Å². The molecule has 2 aromatic heterocycles. The van der Waals surface area contributed by atoms with Crippen LogP contribution in [-0.2, 0) is 27.9 Å². The predicted octanol–water partition coefficient (Wildman–Crippen LogP) is 2.00. The SMILES string of the molecule is CC(C)C(=O)OC[C@@H](C)NP1(=O)OC[C@H]2O[C@@H](n3cnc4c(N)ncnc43)[C@](C)(Cl)[C@@H]2O1. The third-order valence-corrected chi connectivity index (χ3v) is 7.46. The summed E-state index contributed by atoms with van der Waals surface area (Å²) in [4.78, 5) is 23.0. The van der Waals surface area contributed by atoms with Crippen LogP contribution in [0.3, 0.4) is 0 Å². The maximum Gasteiger partial charge on any atom is 0.406 e. The Morgan fingerprint density at radius 2 is 2.19 bits per heavy atom. The molecule has 32 heavy (non-hydrogen) atoms. The van der Waals surface area contributed by atoms with Crippen molar-refractivity contribution in [1.29, 1.82) is 0 Å². The van der Waals surface area contributed by atoms with Gasteiger partial charge >= 0.3 is 13.7 Å². The van der Waals surface area contributed by atoms with Crippen molar-refractivity contribution in [3.63, 3.8) is 0 Å². The number of fused-ring (bicyclic) bond motifs is 2. The first kappa shape index (κ1) is 23.3. The van der Waals surface area contributed by atoms with Gasteiger partial charge in [0.05, 0.1) is 18.9 Å². The lowest BCUT2D eigenvalue weighted by atomic mass is 10.0. The molecular weight excluding hydrogens is 463 g/mol. The average molecular weight is 489 g/mol. The van der Waals surface area contributed by atoms with E-state index in [9.17, 15) is 9.36 Å². The molecule has 6 atom stereocenters. The monoisotopic (exact) mass is 488 g/mol. The zero-order chi connectivity index (χ0) is 23.3. The molecule has 176 valence electrons. The van der Waals surface area contributed by atoms with Crippen LogP contribution in [0.2, 0.25) is 0 Å². The molecule has 0 spiro atoms. The third kappa shape index (κ3) is 4.23. The lowest BCUT2D eigenvalue weighted by Crippen LogP contribution is -2.46. The fourth-order valence-electron chi connectivity index (χ4n) is 3.65. The van der Waals surface area contributed by atoms with E-state index in [0.29, 0.717) is 11.2 Å². The summed E-state index contributed by atoms with van der Waals surface area (Å²) in [5, 5.41) is 2.79. The van der Waals surface area contributed by atoms with Gasteiger partial charge in [0.2, 0.25) is 0 Å². The van der Waals surface area contributed by atoms with Crippen molar-refractivity contribution in [3.05, 3.63) is 12.7 Å². The summed E-state index contributed by atoms with van der Waals surface area (Å²) in [6, 6.07) is -0.475. The van der Waals surface area contributed by atoms with E-state index < -0.39 is 37.1 Å². The van der Waals surface area contributed by atoms with Crippen molar-refractivity contribution in [2.45, 2.75) is 57.0 Å². The highest BCUT2D eigenvalue weighted by molar-refractivity contribution is 7.51. The number of ether oxygens (including phenoxy) is 2. The minimum Gasteiger partial charge on any atom is -0.464 e. The van der Waals surface area contributed by atoms with Crippen LogP contribution in [0.1, 0.15) is 33.9 Å². The average Bonchev–Trinajstić information content (AvgIpc) is 3.25. The topological polar surface area (TPSA) is 153 Å². The molecule has 14 heteroatoms. The number of hydrogen-bond donors (Lipinski definition) is 2. The highest BCUT2D eigenvalue weighted by atomic mass is 35.5. The number of carbonyl (C=O) groups excluding carboxylic acids is 1. The van der Waals surface area contributed by atoms with Crippen LogP contribution in [0.5, 0.6) is 0 Å². The number of imidazole rings is 1. The Morgan fingerprint density at radius 3 is 2.91 bits per heavy atom. The Balaban J connectivity index is 1.49. The maximum atomic E-state index is 13.2. The summed E-state index contributed by atoms with van der Waals surface area (Å²) >= 11 is 6.89. The number of carbonyl (C=O) groups is 1. The summed E-state index contributed by atoms with van der Waals surface area (Å²) in [5.74, 6) is -0.369. The first-order valence-corrected chi connectivity index (χ1v) is 12.1. The van der Waals surface area contributed by atoms with E-state index in [2.05, 4.69) is 20.0 Å². The molecule has 0 aromatic carbocycles. The van der Waals surface area contributed by atoms with Crippen LogP contribution < -0.4 is 10.8 Å². The van der Waals surface area contributed by atoms with E-state index >= 15 is 0 Å². The zero-order valence-electron chi connectivity index (χ0n) is 18.1. The van der Waals surface area contributed by atoms with Gasteiger partial charge in [-0.05, 0) is 13.8 Å². The predicted molar refractivity (Wildman–Crippen MR) is 115 cm³/mol. The quantitative estimate of drug-likeness (QED) is 0.348. The number of esters is 1. The molecule has 2 aromatic rings. The Labute approximate surface area is 189 Å². The van der Waals surface area contributed by atoms with Gasteiger partial charge in [0.15, 0.2) is 17.7 Å². The number of nitrogens with zero attached hydrogens (tertiary/aromatic N) is 4. The molecule has 2 aliphatic heterocycles. The number of nitrogens with two attached hydrogens (primary N) is 1. The lowest BCUT2D eigenvalue weighted by molar-refractivity contribution is -0.147. The van der Waals surface area contributed by atoms with E-state index in [1.54, 1.807) is 32.3 Å². The number of aromatic nitrogens is 4. The number of hydrogen-bond acceptors (Lipinski definition) is 10. The molecular formula is C18H26ClN6O6P. The van der Waals surface area contributed by atoms with Gasteiger partial charge in [-0.2, -0.15) is 0 Å². The second-order valence-electron chi connectivity index (χ2n) is 8.40. The van der Waals surface area contributed by atoms with Crippen LogP contribution in [0, 0.1) is 5.92 Å². The van der Waals surface area contributed by atoms with E-state index in [-0.39, 0.29) is 30.9 Å². The zero-order valence-corrected chi connectivity index (χ0v) is 19.7. The van der Waals surface area contributed by atoms with Gasteiger partial charge in [0.25, 0.3) is 0 Å². The number of nitrogens with one attached hydrogen (secondary N) is 1. The van der Waals surface area contributed by atoms with Gasteiger partial charge in [0, 0.05) is 6.04 Å². The summed E-state index contributed by atoms with van der Waals surface area (Å²) in [6.07, 6.45) is 0.773. The molecule has 2 saturated heterocycles. The van der Waals surface area contributed by atoms with Crippen LogP contribution >= 0.6 is 19.3 Å². The molecule has 0 bridgehead atoms. The van der Waals surface area contributed by atoms with Gasteiger partial charge in [-0.3, -0.25) is 18.4 Å². The van der Waals surface area contributed by atoms with Crippen molar-refractivity contribution in [2.75, 3.05) is 18.9 Å². The molecule has 12 nitrogen and oxygen atoms in total. The lowest BCUT2D eigenvalue weighted by Gasteiger charge is -2.36. The van der Waals surface area contributed by atoms with Crippen molar-refractivity contribution < 1.29 is 27.9 Å². The largest absolute Gasteiger partial charge is 0.464 e. The summed E-state index contributed by atoms with van der Waals surface area (Å²) in [6.45, 7) is 6.91. The number of rotatable bonds is 6. The van der Waals surface area contributed by atoms with Crippen LogP contribution in [0.25, 0.3) is 11.2 Å². The van der Waals surface area contributed by atoms with Gasteiger partial charge in [-0.25, -0.2) is 24.6 Å². The minimum atomic E-state index is -3.74. The molecule has 2 fully saturated rings. The van der Waals surface area contributed by atoms with E-state index in [1.165, 1.54) is 12.7 Å². The Bertz CT molecular complexity index is 1060. The second-order valence-corrected chi connectivity index (χ2v) is 10.9. The number of anilines is 1. The third-order valence-electron chi connectivity index (χ3n) is 5.31. The van der Waals surface area contributed by atoms with Crippen molar-refractivity contribution in [2.24, 2.45) is 5.92 Å². The minimum absolute atomic E-state index is 0.00396. The van der Waals surface area contributed by atoms with Gasteiger partial charge < -0.3 is 15.2 Å². The molecule has 3 N–H and O–H groups in total. The summed E-state index contributed by atoms with van der Waals surface area (Å²) in [5.41, 5.74) is 6.75. The molecule has 0 aliphatic carbocycles. The fourth-order valence-corrected chi connectivity index (χ4v) is 5.86. The molecule has 0 saturated carbocycles. The van der Waals surface area contributed by atoms with Crippen LogP contribution in [0.15, 0.2) is 12.7 Å². The van der Waals surface area contributed by atoms with Gasteiger partial charge in [-0.15, -0.1) is 11.6 Å². The second kappa shape index (κ2) is 8.51. The number of nitrogen functional groups attached to an aromatic ring is 1. The van der Waals surface area contributed by atoms with E-state index in [4.69, 9.17) is 35.9 Å². The molecule has 0 radical (unpaired) electrons. The number of halogens is 1. The highest BCUT2D eigenvalue weighted by Crippen LogP contribution is 2.57. The Hall–Kier alpha value is -1.82. The first-order valence-electron chi connectivity index (χ1n) is 10.2. The van der Waals surface area contributed by atoms with Gasteiger partial charge in [-0.1, -0.05) is 13.8 Å². The maximum absolute atomic E-state index is 13.2. The molecule has 0 amide bonds. The highest BCUT2D eigenvalue weighted by Gasteiger charge is 2.59. The molecule has 4 heterocycles. The van der Waals surface area contributed by atoms with Crippen LogP contribution in [0.4, 0.5) is 5.82 Å².